The van der Waals surface area contributed by atoms with Crippen LogP contribution >= 0.6 is 15.9 Å². The van der Waals surface area contributed by atoms with Gasteiger partial charge in [-0.2, -0.15) is 0 Å². The minimum Gasteiger partial charge on any atom is -0.338 e. The molecule has 0 fully saturated rings. The lowest BCUT2D eigenvalue weighted by Gasteiger charge is -2.20. The summed E-state index contributed by atoms with van der Waals surface area (Å²) >= 11 is 3.42. The molecule has 0 bridgehead atoms. The number of hydrogen-bond donors (Lipinski definition) is 2. The molecule has 0 aliphatic carbocycles. The maximum atomic E-state index is 11.5. The highest BCUT2D eigenvalue weighted by Gasteiger charge is 2.12. The molecule has 1 aromatic rings. The van der Waals surface area contributed by atoms with Crippen LogP contribution in [0.1, 0.15) is 26.3 Å². The molecule has 0 radical (unpaired) electrons. The summed E-state index contributed by atoms with van der Waals surface area (Å²) in [5.41, 5.74) is 1.01. The molecule has 0 saturated heterocycles. The van der Waals surface area contributed by atoms with E-state index in [-0.39, 0.29) is 11.6 Å². The first-order chi connectivity index (χ1) is 7.87. The SMILES string of the molecule is CC(C)(C)NC(=O)NCCc1cccc(Br)c1. The summed E-state index contributed by atoms with van der Waals surface area (Å²) < 4.78 is 1.06. The molecule has 0 spiro atoms. The number of hydrogen-bond acceptors (Lipinski definition) is 1. The van der Waals surface area contributed by atoms with Gasteiger partial charge in [0.1, 0.15) is 0 Å². The Morgan fingerprint density at radius 2 is 2.06 bits per heavy atom. The topological polar surface area (TPSA) is 41.1 Å². The number of carbonyl (C=O) groups excluding carboxylic acids is 1. The molecule has 0 atom stereocenters. The Kier molecular flexibility index (Phi) is 5.00. The van der Waals surface area contributed by atoms with E-state index in [1.54, 1.807) is 0 Å². The zero-order valence-electron chi connectivity index (χ0n) is 10.5. The first-order valence-corrected chi connectivity index (χ1v) is 6.46. The molecule has 94 valence electrons. The smallest absolute Gasteiger partial charge is 0.315 e. The lowest BCUT2D eigenvalue weighted by molar-refractivity contribution is 0.232. The molecule has 3 nitrogen and oxygen atoms in total. The molecule has 17 heavy (non-hydrogen) atoms. The molecular formula is C13H19BrN2O. The van der Waals surface area contributed by atoms with Gasteiger partial charge in [-0.25, -0.2) is 4.79 Å². The Balaban J connectivity index is 2.31. The fourth-order valence-electron chi connectivity index (χ4n) is 1.40. The van der Waals surface area contributed by atoms with Crippen molar-refractivity contribution >= 4 is 22.0 Å². The summed E-state index contributed by atoms with van der Waals surface area (Å²) in [6.45, 7) is 6.51. The monoisotopic (exact) mass is 298 g/mol. The fraction of sp³-hybridized carbons (Fsp3) is 0.462. The Morgan fingerprint density at radius 3 is 2.65 bits per heavy atom. The Bertz CT molecular complexity index is 385. The van der Waals surface area contributed by atoms with Gasteiger partial charge in [-0.05, 0) is 44.9 Å². The van der Waals surface area contributed by atoms with Crippen molar-refractivity contribution < 1.29 is 4.79 Å². The largest absolute Gasteiger partial charge is 0.338 e. The standard InChI is InChI=1S/C13H19BrN2O/c1-13(2,3)16-12(17)15-8-7-10-5-4-6-11(14)9-10/h4-6,9H,7-8H2,1-3H3,(H2,15,16,17). The van der Waals surface area contributed by atoms with Gasteiger partial charge < -0.3 is 10.6 Å². The van der Waals surface area contributed by atoms with Gasteiger partial charge in [0.2, 0.25) is 0 Å². The van der Waals surface area contributed by atoms with Crippen molar-refractivity contribution in [2.24, 2.45) is 0 Å². The molecular weight excluding hydrogens is 280 g/mol. The Hall–Kier alpha value is -1.03. The van der Waals surface area contributed by atoms with Crippen LogP contribution in [-0.2, 0) is 6.42 Å². The van der Waals surface area contributed by atoms with Crippen LogP contribution in [0.2, 0.25) is 0 Å². The third-order valence-electron chi connectivity index (χ3n) is 2.08. The first-order valence-electron chi connectivity index (χ1n) is 5.67. The molecule has 0 aliphatic rings. The second-order valence-electron chi connectivity index (χ2n) is 5.01. The van der Waals surface area contributed by atoms with Gasteiger partial charge >= 0.3 is 6.03 Å². The van der Waals surface area contributed by atoms with E-state index in [1.165, 1.54) is 5.56 Å². The van der Waals surface area contributed by atoms with Crippen LogP contribution in [-0.4, -0.2) is 18.1 Å². The van der Waals surface area contributed by atoms with Crippen molar-refractivity contribution in [3.8, 4) is 0 Å². The van der Waals surface area contributed by atoms with Gasteiger partial charge in [0.25, 0.3) is 0 Å². The van der Waals surface area contributed by atoms with Crippen molar-refractivity contribution in [3.63, 3.8) is 0 Å². The van der Waals surface area contributed by atoms with Crippen LogP contribution in [0, 0.1) is 0 Å². The third-order valence-corrected chi connectivity index (χ3v) is 2.57. The van der Waals surface area contributed by atoms with Gasteiger partial charge in [-0.1, -0.05) is 28.1 Å². The number of nitrogens with one attached hydrogen (secondary N) is 2. The van der Waals surface area contributed by atoms with E-state index in [0.29, 0.717) is 6.54 Å². The second kappa shape index (κ2) is 6.05. The molecule has 1 rings (SSSR count). The number of halogens is 1. The van der Waals surface area contributed by atoms with Crippen molar-refractivity contribution in [1.82, 2.24) is 10.6 Å². The van der Waals surface area contributed by atoms with Gasteiger partial charge in [0, 0.05) is 16.6 Å². The fourth-order valence-corrected chi connectivity index (χ4v) is 1.84. The zero-order valence-corrected chi connectivity index (χ0v) is 12.1. The first kappa shape index (κ1) is 14.0. The second-order valence-corrected chi connectivity index (χ2v) is 5.93. The van der Waals surface area contributed by atoms with E-state index >= 15 is 0 Å². The summed E-state index contributed by atoms with van der Waals surface area (Å²) in [6.07, 6.45) is 0.830. The predicted octanol–water partition coefficient (Wildman–Crippen LogP) is 3.09. The normalized spacial score (nSPS) is 11.1. The quantitative estimate of drug-likeness (QED) is 0.885. The van der Waals surface area contributed by atoms with E-state index in [1.807, 2.05) is 39.0 Å². The summed E-state index contributed by atoms with van der Waals surface area (Å²) in [6, 6.07) is 7.97. The van der Waals surface area contributed by atoms with Crippen LogP contribution in [0.3, 0.4) is 0 Å². The maximum Gasteiger partial charge on any atom is 0.315 e. The van der Waals surface area contributed by atoms with Gasteiger partial charge in [-0.15, -0.1) is 0 Å². The molecule has 0 aromatic heterocycles. The molecule has 0 saturated carbocycles. The van der Waals surface area contributed by atoms with Crippen molar-refractivity contribution in [2.75, 3.05) is 6.54 Å². The van der Waals surface area contributed by atoms with Crippen LogP contribution in [0.5, 0.6) is 0 Å². The van der Waals surface area contributed by atoms with E-state index in [2.05, 4.69) is 32.6 Å². The van der Waals surface area contributed by atoms with Crippen LogP contribution in [0.25, 0.3) is 0 Å². The molecule has 2 N–H and O–H groups in total. The average molecular weight is 299 g/mol. The van der Waals surface area contributed by atoms with Crippen molar-refractivity contribution in [2.45, 2.75) is 32.7 Å². The number of benzene rings is 1. The Labute approximate surface area is 111 Å². The van der Waals surface area contributed by atoms with E-state index in [9.17, 15) is 4.79 Å². The highest BCUT2D eigenvalue weighted by molar-refractivity contribution is 9.10. The summed E-state index contributed by atoms with van der Waals surface area (Å²) in [5, 5.41) is 5.70. The lowest BCUT2D eigenvalue weighted by Crippen LogP contribution is -2.46. The zero-order chi connectivity index (χ0) is 12.9. The minimum atomic E-state index is -0.195. The highest BCUT2D eigenvalue weighted by Crippen LogP contribution is 2.11. The summed E-state index contributed by atoms with van der Waals surface area (Å²) in [4.78, 5) is 11.5. The van der Waals surface area contributed by atoms with Gasteiger partial charge in [-0.3, -0.25) is 0 Å². The molecule has 4 heteroatoms. The molecule has 1 aromatic carbocycles. The van der Waals surface area contributed by atoms with E-state index in [0.717, 1.165) is 10.9 Å². The maximum absolute atomic E-state index is 11.5. The predicted molar refractivity (Wildman–Crippen MR) is 74.1 cm³/mol. The summed E-state index contributed by atoms with van der Waals surface area (Å²) in [7, 11) is 0. The van der Waals surface area contributed by atoms with Crippen LogP contribution < -0.4 is 10.6 Å². The number of urea groups is 1. The summed E-state index contributed by atoms with van der Waals surface area (Å²) in [5.74, 6) is 0. The molecule has 0 aliphatic heterocycles. The van der Waals surface area contributed by atoms with Crippen molar-refractivity contribution in [1.29, 1.82) is 0 Å². The Morgan fingerprint density at radius 1 is 1.35 bits per heavy atom. The minimum absolute atomic E-state index is 0.118. The molecule has 0 heterocycles. The number of carbonyl (C=O) groups is 1. The molecule has 2 amide bonds. The van der Waals surface area contributed by atoms with Crippen molar-refractivity contribution in [3.05, 3.63) is 34.3 Å². The van der Waals surface area contributed by atoms with Gasteiger partial charge in [0.05, 0.1) is 0 Å². The molecule has 0 unspecified atom stereocenters. The van der Waals surface area contributed by atoms with E-state index in [4.69, 9.17) is 0 Å². The number of amides is 2. The number of rotatable bonds is 3. The lowest BCUT2D eigenvalue weighted by atomic mass is 10.1. The van der Waals surface area contributed by atoms with E-state index < -0.39 is 0 Å². The van der Waals surface area contributed by atoms with Crippen LogP contribution in [0.4, 0.5) is 4.79 Å². The highest BCUT2D eigenvalue weighted by atomic mass is 79.9. The average Bonchev–Trinajstić information content (AvgIpc) is 2.14. The van der Waals surface area contributed by atoms with Gasteiger partial charge in [0.15, 0.2) is 0 Å². The van der Waals surface area contributed by atoms with Crippen LogP contribution in [0.15, 0.2) is 28.7 Å². The third kappa shape index (κ3) is 6.31.